The molecule has 1 heterocycles. The molecule has 0 spiro atoms. The van der Waals surface area contributed by atoms with Crippen molar-refractivity contribution in [2.75, 3.05) is 6.54 Å². The van der Waals surface area contributed by atoms with Crippen LogP contribution in [0, 0.1) is 5.92 Å². The number of nitrogens with two attached hydrogens (primary N) is 1. The molecule has 2 unspecified atom stereocenters. The van der Waals surface area contributed by atoms with Gasteiger partial charge in [-0.25, -0.2) is 0 Å². The lowest BCUT2D eigenvalue weighted by molar-refractivity contribution is -0.126. The number of halogens is 1. The summed E-state index contributed by atoms with van der Waals surface area (Å²) in [6.45, 7) is 0.643. The summed E-state index contributed by atoms with van der Waals surface area (Å²) < 4.78 is 0. The smallest absolute Gasteiger partial charge is 0.223 e. The third-order valence-corrected chi connectivity index (χ3v) is 4.74. The fourth-order valence-electron chi connectivity index (χ4n) is 3.29. The summed E-state index contributed by atoms with van der Waals surface area (Å²) in [5, 5.41) is 4.91. The number of nitrogens with one attached hydrogen (secondary N) is 2. The third kappa shape index (κ3) is 3.45. The van der Waals surface area contributed by atoms with Crippen molar-refractivity contribution in [3.63, 3.8) is 0 Å². The molecule has 1 aliphatic carbocycles. The van der Waals surface area contributed by atoms with Gasteiger partial charge in [0.15, 0.2) is 0 Å². The third-order valence-electron chi connectivity index (χ3n) is 4.51. The van der Waals surface area contributed by atoms with Crippen molar-refractivity contribution in [3.8, 4) is 0 Å². The van der Waals surface area contributed by atoms with Crippen LogP contribution in [-0.4, -0.2) is 23.5 Å². The zero-order chi connectivity index (χ0) is 15.5. The van der Waals surface area contributed by atoms with Gasteiger partial charge in [0.1, 0.15) is 0 Å². The van der Waals surface area contributed by atoms with Crippen molar-refractivity contribution in [3.05, 3.63) is 35.0 Å². The molecule has 118 valence electrons. The number of fused-ring (bicyclic) bond motifs is 1. The average molecular weight is 320 g/mol. The molecule has 0 saturated heterocycles. The molecule has 0 aliphatic heterocycles. The number of H-pyrrole nitrogens is 1. The first-order valence-corrected chi connectivity index (χ1v) is 8.30. The molecule has 1 amide bonds. The van der Waals surface area contributed by atoms with Gasteiger partial charge in [0, 0.05) is 40.6 Å². The Morgan fingerprint density at radius 3 is 3.09 bits per heavy atom. The van der Waals surface area contributed by atoms with Gasteiger partial charge in [-0.05, 0) is 49.4 Å². The van der Waals surface area contributed by atoms with Crippen molar-refractivity contribution < 1.29 is 4.79 Å². The Bertz CT molecular complexity index is 667. The summed E-state index contributed by atoms with van der Waals surface area (Å²) in [7, 11) is 0. The highest BCUT2D eigenvalue weighted by molar-refractivity contribution is 6.31. The molecular formula is C17H22ClN3O. The van der Waals surface area contributed by atoms with Crippen LogP contribution in [0.5, 0.6) is 0 Å². The molecule has 5 heteroatoms. The molecule has 0 bridgehead atoms. The second-order valence-corrected chi connectivity index (χ2v) is 6.60. The summed E-state index contributed by atoms with van der Waals surface area (Å²) in [5.41, 5.74) is 8.20. The van der Waals surface area contributed by atoms with Gasteiger partial charge in [0.05, 0.1) is 0 Å². The van der Waals surface area contributed by atoms with Gasteiger partial charge in [0.2, 0.25) is 5.91 Å². The second-order valence-electron chi connectivity index (χ2n) is 6.17. The van der Waals surface area contributed by atoms with Crippen molar-refractivity contribution >= 4 is 28.4 Å². The fourth-order valence-corrected chi connectivity index (χ4v) is 3.46. The Hall–Kier alpha value is -1.52. The Morgan fingerprint density at radius 1 is 1.41 bits per heavy atom. The lowest BCUT2D eigenvalue weighted by Gasteiger charge is -2.25. The number of aromatic nitrogens is 1. The SMILES string of the molecule is NC1CCCC(C(=O)NCCc2c[nH]c3ccc(Cl)cc23)C1. The van der Waals surface area contributed by atoms with Crippen LogP contribution in [0.1, 0.15) is 31.2 Å². The number of carbonyl (C=O) groups excluding carboxylic acids is 1. The normalized spacial score (nSPS) is 21.9. The summed E-state index contributed by atoms with van der Waals surface area (Å²) in [6.07, 6.45) is 6.66. The van der Waals surface area contributed by atoms with Crippen LogP contribution >= 0.6 is 11.6 Å². The van der Waals surface area contributed by atoms with E-state index in [1.807, 2.05) is 24.4 Å². The molecule has 1 aromatic carbocycles. The standard InChI is InChI=1S/C17H22ClN3O/c18-13-4-5-16-15(9-13)12(10-21-16)6-7-20-17(22)11-2-1-3-14(19)8-11/h4-5,9-11,14,21H,1-3,6-8,19H2,(H,20,22). The molecule has 1 fully saturated rings. The Kier molecular flexibility index (Phi) is 4.69. The average Bonchev–Trinajstić information content (AvgIpc) is 2.89. The molecule has 2 atom stereocenters. The van der Waals surface area contributed by atoms with Crippen molar-refractivity contribution in [1.29, 1.82) is 0 Å². The maximum absolute atomic E-state index is 12.2. The maximum atomic E-state index is 12.2. The van der Waals surface area contributed by atoms with E-state index in [1.54, 1.807) is 0 Å². The topological polar surface area (TPSA) is 70.9 Å². The predicted octanol–water partition coefficient (Wildman–Crippen LogP) is 3.00. The molecule has 1 aliphatic rings. The molecule has 2 aromatic rings. The lowest BCUT2D eigenvalue weighted by atomic mass is 9.85. The molecule has 4 N–H and O–H groups in total. The fraction of sp³-hybridized carbons (Fsp3) is 0.471. The van der Waals surface area contributed by atoms with Crippen molar-refractivity contribution in [1.82, 2.24) is 10.3 Å². The van der Waals surface area contributed by atoms with E-state index in [0.717, 1.165) is 48.0 Å². The Labute approximate surface area is 135 Å². The van der Waals surface area contributed by atoms with Crippen LogP contribution < -0.4 is 11.1 Å². The molecule has 0 radical (unpaired) electrons. The number of carbonyl (C=O) groups is 1. The van der Waals surface area contributed by atoms with Gasteiger partial charge < -0.3 is 16.0 Å². The lowest BCUT2D eigenvalue weighted by Crippen LogP contribution is -2.38. The van der Waals surface area contributed by atoms with Crippen LogP contribution in [0.3, 0.4) is 0 Å². The first-order valence-electron chi connectivity index (χ1n) is 7.92. The van der Waals surface area contributed by atoms with E-state index in [9.17, 15) is 4.79 Å². The van der Waals surface area contributed by atoms with E-state index in [-0.39, 0.29) is 17.9 Å². The van der Waals surface area contributed by atoms with Gasteiger partial charge in [0.25, 0.3) is 0 Å². The number of hydrogen-bond acceptors (Lipinski definition) is 2. The van der Waals surface area contributed by atoms with Crippen molar-refractivity contribution in [2.45, 2.75) is 38.1 Å². The molecule has 1 saturated carbocycles. The molecule has 4 nitrogen and oxygen atoms in total. The number of hydrogen-bond donors (Lipinski definition) is 3. The predicted molar refractivity (Wildman–Crippen MR) is 90.0 cm³/mol. The highest BCUT2D eigenvalue weighted by atomic mass is 35.5. The van der Waals surface area contributed by atoms with Crippen LogP contribution in [0.25, 0.3) is 10.9 Å². The monoisotopic (exact) mass is 319 g/mol. The summed E-state index contributed by atoms with van der Waals surface area (Å²) in [4.78, 5) is 15.4. The minimum Gasteiger partial charge on any atom is -0.361 e. The number of rotatable bonds is 4. The van der Waals surface area contributed by atoms with Crippen LogP contribution in [0.4, 0.5) is 0 Å². The molecule has 22 heavy (non-hydrogen) atoms. The maximum Gasteiger partial charge on any atom is 0.223 e. The summed E-state index contributed by atoms with van der Waals surface area (Å²) >= 11 is 6.05. The van der Waals surface area contributed by atoms with Crippen LogP contribution in [-0.2, 0) is 11.2 Å². The van der Waals surface area contributed by atoms with Crippen LogP contribution in [0.2, 0.25) is 5.02 Å². The molecular weight excluding hydrogens is 298 g/mol. The van der Waals surface area contributed by atoms with E-state index in [1.165, 1.54) is 5.56 Å². The Balaban J connectivity index is 1.55. The van der Waals surface area contributed by atoms with Crippen molar-refractivity contribution in [2.24, 2.45) is 11.7 Å². The second kappa shape index (κ2) is 6.71. The zero-order valence-corrected chi connectivity index (χ0v) is 13.3. The molecule has 3 rings (SSSR count). The van der Waals surface area contributed by atoms with Gasteiger partial charge in [-0.15, -0.1) is 0 Å². The first kappa shape index (κ1) is 15.4. The summed E-state index contributed by atoms with van der Waals surface area (Å²) in [6, 6.07) is 5.99. The minimum absolute atomic E-state index is 0.0844. The largest absolute Gasteiger partial charge is 0.361 e. The van der Waals surface area contributed by atoms with E-state index in [0.29, 0.717) is 6.54 Å². The number of amides is 1. The number of aromatic amines is 1. The molecule has 1 aromatic heterocycles. The van der Waals surface area contributed by atoms with Gasteiger partial charge >= 0.3 is 0 Å². The van der Waals surface area contributed by atoms with Crippen LogP contribution in [0.15, 0.2) is 24.4 Å². The quantitative estimate of drug-likeness (QED) is 0.810. The van der Waals surface area contributed by atoms with E-state index in [2.05, 4.69) is 10.3 Å². The number of benzene rings is 1. The minimum atomic E-state index is 0.0844. The van der Waals surface area contributed by atoms with E-state index < -0.39 is 0 Å². The van der Waals surface area contributed by atoms with E-state index >= 15 is 0 Å². The highest BCUT2D eigenvalue weighted by Gasteiger charge is 2.24. The van der Waals surface area contributed by atoms with Gasteiger partial charge in [-0.1, -0.05) is 18.0 Å². The van der Waals surface area contributed by atoms with Gasteiger partial charge in [-0.2, -0.15) is 0 Å². The first-order chi connectivity index (χ1) is 10.6. The van der Waals surface area contributed by atoms with Gasteiger partial charge in [-0.3, -0.25) is 4.79 Å². The Morgan fingerprint density at radius 2 is 2.27 bits per heavy atom. The summed E-state index contributed by atoms with van der Waals surface area (Å²) in [5.74, 6) is 0.231. The zero-order valence-electron chi connectivity index (χ0n) is 12.6. The highest BCUT2D eigenvalue weighted by Crippen LogP contribution is 2.24. The van der Waals surface area contributed by atoms with E-state index in [4.69, 9.17) is 17.3 Å².